The van der Waals surface area contributed by atoms with E-state index in [1.807, 2.05) is 0 Å². The summed E-state index contributed by atoms with van der Waals surface area (Å²) in [5.41, 5.74) is 2.12. The molecule has 2 aromatic rings. The Morgan fingerprint density at radius 2 is 1.43 bits per heavy atom. The van der Waals surface area contributed by atoms with Gasteiger partial charge in [-0.3, -0.25) is 0 Å². The molecule has 2 N–H and O–H groups in total. The molecule has 8 heteroatoms. The minimum atomic E-state index is -5.08. The van der Waals surface area contributed by atoms with Gasteiger partial charge < -0.3 is 14.8 Å². The number of carboxylic acid groups (broad SMARTS) is 1. The molecule has 0 aromatic heterocycles. The highest BCUT2D eigenvalue weighted by atomic mass is 28.4. The van der Waals surface area contributed by atoms with Crippen LogP contribution in [0.15, 0.2) is 60.7 Å². The molecular formula is C22H28F3NO3Si. The molecule has 1 atom stereocenters. The Kier molecular flexibility index (Phi) is 7.85. The molecule has 1 heterocycles. The quantitative estimate of drug-likeness (QED) is 0.632. The van der Waals surface area contributed by atoms with Crippen LogP contribution in [0, 0.1) is 0 Å². The predicted molar refractivity (Wildman–Crippen MR) is 113 cm³/mol. The number of carboxylic acids is 1. The summed E-state index contributed by atoms with van der Waals surface area (Å²) < 4.78 is 38.7. The summed E-state index contributed by atoms with van der Waals surface area (Å²) in [5.74, 6) is -2.76. The highest BCUT2D eigenvalue weighted by molar-refractivity contribution is 6.69. The van der Waals surface area contributed by atoms with Gasteiger partial charge in [0.1, 0.15) is 5.60 Å². The molecule has 3 rings (SSSR count). The molecule has 0 spiro atoms. The number of hydrogen-bond donors (Lipinski definition) is 2. The average molecular weight is 440 g/mol. The Morgan fingerprint density at radius 3 is 1.73 bits per heavy atom. The van der Waals surface area contributed by atoms with E-state index in [1.54, 1.807) is 0 Å². The highest BCUT2D eigenvalue weighted by Gasteiger charge is 2.46. The van der Waals surface area contributed by atoms with Crippen molar-refractivity contribution in [3.8, 4) is 0 Å². The lowest BCUT2D eigenvalue weighted by Crippen LogP contribution is -2.53. The zero-order chi connectivity index (χ0) is 22.4. The molecular weight excluding hydrogens is 411 g/mol. The molecule has 1 saturated heterocycles. The molecule has 0 bridgehead atoms. The maximum Gasteiger partial charge on any atom is 0.490 e. The number of hydrogen-bond acceptors (Lipinski definition) is 3. The van der Waals surface area contributed by atoms with Gasteiger partial charge in [-0.2, -0.15) is 13.2 Å². The number of carbonyl (C=O) groups is 1. The predicted octanol–water partition coefficient (Wildman–Crippen LogP) is 5.17. The zero-order valence-electron chi connectivity index (χ0n) is 17.4. The molecule has 0 unspecified atom stereocenters. The lowest BCUT2D eigenvalue weighted by Gasteiger charge is -2.44. The summed E-state index contributed by atoms with van der Waals surface area (Å²) >= 11 is 0. The van der Waals surface area contributed by atoms with Crippen molar-refractivity contribution in [3.05, 3.63) is 71.8 Å². The standard InChI is InChI=1S/C20H27NOSi.C2HF3O2/c1-23(2,3)22-20(19-15-10-16-21-19,17-11-6-4-7-12-17)18-13-8-5-9-14-18;3-2(4,5)1(6)7/h4-9,11-14,19,21H,10,15-16H2,1-3H3;(H,6,7)/t19-;/m0./s1. The first-order chi connectivity index (χ1) is 14.0. The third-order valence-corrected chi connectivity index (χ3v) is 5.60. The summed E-state index contributed by atoms with van der Waals surface area (Å²) in [5, 5.41) is 10.8. The Bertz CT molecular complexity index is 762. The number of nitrogens with one attached hydrogen (secondary N) is 1. The number of benzene rings is 2. The third-order valence-electron chi connectivity index (χ3n) is 4.67. The van der Waals surface area contributed by atoms with E-state index in [0.29, 0.717) is 6.04 Å². The van der Waals surface area contributed by atoms with Crippen LogP contribution < -0.4 is 5.32 Å². The first kappa shape index (κ1) is 24.1. The van der Waals surface area contributed by atoms with Gasteiger partial charge >= 0.3 is 12.1 Å². The van der Waals surface area contributed by atoms with E-state index in [1.165, 1.54) is 17.5 Å². The second-order valence-electron chi connectivity index (χ2n) is 8.13. The van der Waals surface area contributed by atoms with Gasteiger partial charge in [-0.15, -0.1) is 0 Å². The summed E-state index contributed by atoms with van der Waals surface area (Å²) in [7, 11) is -1.77. The van der Waals surface area contributed by atoms with Crippen LogP contribution in [-0.2, 0) is 14.8 Å². The maximum atomic E-state index is 10.6. The van der Waals surface area contributed by atoms with Crippen molar-refractivity contribution in [2.24, 2.45) is 0 Å². The topological polar surface area (TPSA) is 58.6 Å². The molecule has 0 radical (unpaired) electrons. The van der Waals surface area contributed by atoms with E-state index in [9.17, 15) is 13.2 Å². The highest BCUT2D eigenvalue weighted by Crippen LogP contribution is 2.42. The maximum absolute atomic E-state index is 10.6. The lowest BCUT2D eigenvalue weighted by atomic mass is 9.79. The van der Waals surface area contributed by atoms with Gasteiger partial charge in [0.25, 0.3) is 0 Å². The van der Waals surface area contributed by atoms with Gasteiger partial charge in [0.15, 0.2) is 8.32 Å². The molecule has 0 amide bonds. The van der Waals surface area contributed by atoms with Crippen molar-refractivity contribution in [2.45, 2.75) is 50.3 Å². The van der Waals surface area contributed by atoms with E-state index in [2.05, 4.69) is 85.6 Å². The fourth-order valence-corrected chi connectivity index (χ4v) is 4.99. The molecule has 1 aliphatic rings. The molecule has 1 fully saturated rings. The van der Waals surface area contributed by atoms with Gasteiger partial charge in [-0.05, 0) is 50.2 Å². The van der Waals surface area contributed by atoms with E-state index in [4.69, 9.17) is 14.3 Å². The van der Waals surface area contributed by atoms with Crippen LogP contribution in [0.3, 0.4) is 0 Å². The number of aliphatic carboxylic acids is 1. The van der Waals surface area contributed by atoms with E-state index >= 15 is 0 Å². The smallest absolute Gasteiger partial charge is 0.475 e. The van der Waals surface area contributed by atoms with Gasteiger partial charge in [0.05, 0.1) is 0 Å². The van der Waals surface area contributed by atoms with Crippen molar-refractivity contribution >= 4 is 14.3 Å². The van der Waals surface area contributed by atoms with Crippen LogP contribution in [0.1, 0.15) is 24.0 Å². The zero-order valence-corrected chi connectivity index (χ0v) is 18.4. The van der Waals surface area contributed by atoms with Crippen molar-refractivity contribution in [2.75, 3.05) is 6.54 Å². The molecule has 2 aromatic carbocycles. The summed E-state index contributed by atoms with van der Waals surface area (Å²) in [6.45, 7) is 7.91. The Balaban J connectivity index is 0.000000396. The second kappa shape index (κ2) is 9.76. The SMILES string of the molecule is C[Si](C)(C)OC(c1ccccc1)(c1ccccc1)[C@@H]1CCCN1.O=C(O)C(F)(F)F. The molecule has 164 valence electrons. The minimum Gasteiger partial charge on any atom is -0.475 e. The normalized spacial score (nSPS) is 17.2. The Morgan fingerprint density at radius 1 is 1.00 bits per heavy atom. The number of halogens is 3. The van der Waals surface area contributed by atoms with Crippen LogP contribution in [0.5, 0.6) is 0 Å². The van der Waals surface area contributed by atoms with Gasteiger partial charge in [0, 0.05) is 6.04 Å². The van der Waals surface area contributed by atoms with E-state index in [0.717, 1.165) is 13.0 Å². The summed E-state index contributed by atoms with van der Waals surface area (Å²) in [6, 6.07) is 21.8. The number of rotatable bonds is 5. The summed E-state index contributed by atoms with van der Waals surface area (Å²) in [4.78, 5) is 8.90. The van der Waals surface area contributed by atoms with Crippen LogP contribution in [0.2, 0.25) is 19.6 Å². The van der Waals surface area contributed by atoms with Crippen molar-refractivity contribution in [3.63, 3.8) is 0 Å². The molecule has 30 heavy (non-hydrogen) atoms. The summed E-state index contributed by atoms with van der Waals surface area (Å²) in [6.07, 6.45) is -2.73. The van der Waals surface area contributed by atoms with Crippen molar-refractivity contribution in [1.29, 1.82) is 0 Å². The molecule has 1 aliphatic heterocycles. The monoisotopic (exact) mass is 439 g/mol. The average Bonchev–Trinajstić information content (AvgIpc) is 3.22. The minimum absolute atomic E-state index is 0.319. The Labute approximate surface area is 176 Å². The fourth-order valence-electron chi connectivity index (χ4n) is 3.64. The van der Waals surface area contributed by atoms with Crippen molar-refractivity contribution < 1.29 is 27.5 Å². The largest absolute Gasteiger partial charge is 0.490 e. The van der Waals surface area contributed by atoms with E-state index in [-0.39, 0.29) is 0 Å². The molecule has 0 saturated carbocycles. The first-order valence-electron chi connectivity index (χ1n) is 9.81. The van der Waals surface area contributed by atoms with Crippen LogP contribution in [0.25, 0.3) is 0 Å². The Hall–Kier alpha value is -2.16. The van der Waals surface area contributed by atoms with Gasteiger partial charge in [0.2, 0.25) is 0 Å². The van der Waals surface area contributed by atoms with Crippen LogP contribution in [-0.4, -0.2) is 38.2 Å². The second-order valence-corrected chi connectivity index (χ2v) is 12.6. The fraction of sp³-hybridized carbons (Fsp3) is 0.409. The van der Waals surface area contributed by atoms with Crippen LogP contribution >= 0.6 is 0 Å². The van der Waals surface area contributed by atoms with E-state index < -0.39 is 26.1 Å². The van der Waals surface area contributed by atoms with Gasteiger partial charge in [-0.1, -0.05) is 60.7 Å². The molecule has 0 aliphatic carbocycles. The lowest BCUT2D eigenvalue weighted by molar-refractivity contribution is -0.192. The molecule has 4 nitrogen and oxygen atoms in total. The number of alkyl halides is 3. The first-order valence-corrected chi connectivity index (χ1v) is 13.2. The third kappa shape index (κ3) is 6.17. The van der Waals surface area contributed by atoms with Crippen molar-refractivity contribution in [1.82, 2.24) is 5.32 Å². The van der Waals surface area contributed by atoms with Gasteiger partial charge in [-0.25, -0.2) is 4.79 Å². The van der Waals surface area contributed by atoms with Crippen LogP contribution in [0.4, 0.5) is 13.2 Å².